The lowest BCUT2D eigenvalue weighted by atomic mass is 9.88. The van der Waals surface area contributed by atoms with Crippen molar-refractivity contribution in [3.63, 3.8) is 0 Å². The van der Waals surface area contributed by atoms with E-state index in [0.717, 1.165) is 0 Å². The summed E-state index contributed by atoms with van der Waals surface area (Å²) >= 11 is 0. The molecule has 0 bridgehead atoms. The molecular weight excluding hydrogens is 206 g/mol. The maximum absolute atomic E-state index is 11.7. The van der Waals surface area contributed by atoms with Crippen LogP contribution in [-0.4, -0.2) is 42.4 Å². The molecule has 5 heteroatoms. The SMILES string of the molecule is CC(=O)N(C)CC(=O)NC(C)(CN)C(C)C. The van der Waals surface area contributed by atoms with Crippen LogP contribution in [0.4, 0.5) is 0 Å². The molecule has 0 spiro atoms. The number of carbonyl (C=O) groups is 2. The molecule has 0 aromatic rings. The van der Waals surface area contributed by atoms with Crippen molar-refractivity contribution >= 4 is 11.8 Å². The lowest BCUT2D eigenvalue weighted by Gasteiger charge is -2.34. The fourth-order valence-corrected chi connectivity index (χ4v) is 1.12. The quantitative estimate of drug-likeness (QED) is 0.694. The van der Waals surface area contributed by atoms with E-state index in [4.69, 9.17) is 5.73 Å². The van der Waals surface area contributed by atoms with Crippen LogP contribution in [0.5, 0.6) is 0 Å². The van der Waals surface area contributed by atoms with E-state index < -0.39 is 5.54 Å². The van der Waals surface area contributed by atoms with E-state index in [1.165, 1.54) is 11.8 Å². The van der Waals surface area contributed by atoms with E-state index >= 15 is 0 Å². The Morgan fingerprint density at radius 2 is 1.94 bits per heavy atom. The van der Waals surface area contributed by atoms with Crippen molar-refractivity contribution in [3.8, 4) is 0 Å². The third-order valence-corrected chi connectivity index (χ3v) is 3.04. The summed E-state index contributed by atoms with van der Waals surface area (Å²) in [5.41, 5.74) is 5.23. The average molecular weight is 229 g/mol. The van der Waals surface area contributed by atoms with Crippen molar-refractivity contribution in [1.29, 1.82) is 0 Å². The van der Waals surface area contributed by atoms with Gasteiger partial charge in [0, 0.05) is 20.5 Å². The minimum absolute atomic E-state index is 0.0671. The number of nitrogens with one attached hydrogen (secondary N) is 1. The fraction of sp³-hybridized carbons (Fsp3) is 0.818. The highest BCUT2D eigenvalue weighted by Crippen LogP contribution is 2.14. The number of rotatable bonds is 5. The number of amides is 2. The Hall–Kier alpha value is -1.10. The van der Waals surface area contributed by atoms with Crippen molar-refractivity contribution < 1.29 is 9.59 Å². The average Bonchev–Trinajstić information content (AvgIpc) is 2.16. The molecule has 0 aliphatic rings. The molecule has 0 aromatic heterocycles. The van der Waals surface area contributed by atoms with Gasteiger partial charge in [0.1, 0.15) is 0 Å². The van der Waals surface area contributed by atoms with E-state index in [2.05, 4.69) is 5.32 Å². The maximum atomic E-state index is 11.7. The first-order valence-corrected chi connectivity index (χ1v) is 5.45. The van der Waals surface area contributed by atoms with Gasteiger partial charge >= 0.3 is 0 Å². The van der Waals surface area contributed by atoms with Gasteiger partial charge in [0.05, 0.1) is 12.1 Å². The van der Waals surface area contributed by atoms with Crippen molar-refractivity contribution in [2.24, 2.45) is 11.7 Å². The van der Waals surface area contributed by atoms with Gasteiger partial charge in [-0.3, -0.25) is 9.59 Å². The highest BCUT2D eigenvalue weighted by molar-refractivity contribution is 5.84. The molecule has 0 saturated heterocycles. The Bertz CT molecular complexity index is 266. The lowest BCUT2D eigenvalue weighted by Crippen LogP contribution is -2.56. The Balaban J connectivity index is 4.38. The molecule has 16 heavy (non-hydrogen) atoms. The molecule has 0 fully saturated rings. The predicted octanol–water partition coefficient (Wildman–Crippen LogP) is -0.0457. The number of hydrogen-bond donors (Lipinski definition) is 2. The van der Waals surface area contributed by atoms with Gasteiger partial charge in [0.2, 0.25) is 11.8 Å². The number of likely N-dealkylation sites (N-methyl/N-ethyl adjacent to an activating group) is 1. The van der Waals surface area contributed by atoms with Crippen LogP contribution in [0, 0.1) is 5.92 Å². The van der Waals surface area contributed by atoms with Crippen LogP contribution in [0.3, 0.4) is 0 Å². The second-order valence-electron chi connectivity index (χ2n) is 4.70. The zero-order valence-corrected chi connectivity index (χ0v) is 10.8. The Morgan fingerprint density at radius 3 is 2.25 bits per heavy atom. The Kier molecular flexibility index (Phi) is 5.44. The summed E-state index contributed by atoms with van der Waals surface area (Å²) in [6, 6.07) is 0. The number of nitrogens with two attached hydrogens (primary N) is 1. The number of hydrogen-bond acceptors (Lipinski definition) is 3. The monoisotopic (exact) mass is 229 g/mol. The minimum atomic E-state index is -0.422. The van der Waals surface area contributed by atoms with E-state index in [1.807, 2.05) is 20.8 Å². The molecule has 0 saturated carbocycles. The van der Waals surface area contributed by atoms with E-state index in [1.54, 1.807) is 7.05 Å². The topological polar surface area (TPSA) is 75.4 Å². The zero-order chi connectivity index (χ0) is 12.9. The highest BCUT2D eigenvalue weighted by atomic mass is 16.2. The second kappa shape index (κ2) is 5.84. The van der Waals surface area contributed by atoms with Crippen LogP contribution >= 0.6 is 0 Å². The van der Waals surface area contributed by atoms with Gasteiger partial charge in [-0.05, 0) is 12.8 Å². The van der Waals surface area contributed by atoms with Crippen LogP contribution in [0.2, 0.25) is 0 Å². The van der Waals surface area contributed by atoms with Gasteiger partial charge in [-0.25, -0.2) is 0 Å². The summed E-state index contributed by atoms with van der Waals surface area (Å²) in [4.78, 5) is 24.0. The smallest absolute Gasteiger partial charge is 0.240 e. The third kappa shape index (κ3) is 4.18. The van der Waals surface area contributed by atoms with E-state index in [-0.39, 0.29) is 24.3 Å². The Morgan fingerprint density at radius 1 is 1.44 bits per heavy atom. The summed E-state index contributed by atoms with van der Waals surface area (Å²) in [5, 5.41) is 2.87. The highest BCUT2D eigenvalue weighted by Gasteiger charge is 2.28. The van der Waals surface area contributed by atoms with Crippen LogP contribution in [-0.2, 0) is 9.59 Å². The second-order valence-corrected chi connectivity index (χ2v) is 4.70. The minimum Gasteiger partial charge on any atom is -0.348 e. The summed E-state index contributed by atoms with van der Waals surface area (Å²) in [6.45, 7) is 7.78. The standard InChI is InChI=1S/C11H23N3O2/c1-8(2)11(4,7-12)13-10(16)6-14(5)9(3)15/h8H,6-7,12H2,1-5H3,(H,13,16). The van der Waals surface area contributed by atoms with Gasteiger partial charge in [-0.1, -0.05) is 13.8 Å². The molecule has 0 rings (SSSR count). The van der Waals surface area contributed by atoms with Gasteiger partial charge in [-0.15, -0.1) is 0 Å². The fourth-order valence-electron chi connectivity index (χ4n) is 1.12. The summed E-state index contributed by atoms with van der Waals surface area (Å²) in [7, 11) is 1.59. The van der Waals surface area contributed by atoms with Gasteiger partial charge in [-0.2, -0.15) is 0 Å². The summed E-state index contributed by atoms with van der Waals surface area (Å²) < 4.78 is 0. The van der Waals surface area contributed by atoms with Crippen molar-refractivity contribution in [1.82, 2.24) is 10.2 Å². The molecule has 0 aliphatic carbocycles. The van der Waals surface area contributed by atoms with Crippen LogP contribution in [0.15, 0.2) is 0 Å². The number of nitrogens with zero attached hydrogens (tertiary/aromatic N) is 1. The van der Waals surface area contributed by atoms with Crippen molar-refractivity contribution in [2.45, 2.75) is 33.2 Å². The largest absolute Gasteiger partial charge is 0.348 e. The third-order valence-electron chi connectivity index (χ3n) is 3.04. The molecule has 0 radical (unpaired) electrons. The molecule has 5 nitrogen and oxygen atoms in total. The molecule has 3 N–H and O–H groups in total. The molecule has 94 valence electrons. The molecule has 0 aliphatic heterocycles. The van der Waals surface area contributed by atoms with Gasteiger partial charge in [0.15, 0.2) is 0 Å². The first kappa shape index (κ1) is 14.9. The normalized spacial score (nSPS) is 14.4. The van der Waals surface area contributed by atoms with Crippen LogP contribution in [0.25, 0.3) is 0 Å². The first-order valence-electron chi connectivity index (χ1n) is 5.45. The van der Waals surface area contributed by atoms with Crippen LogP contribution < -0.4 is 11.1 Å². The summed E-state index contributed by atoms with van der Waals surface area (Å²) in [5.74, 6) is -0.0717. The van der Waals surface area contributed by atoms with Gasteiger partial charge in [0.25, 0.3) is 0 Å². The van der Waals surface area contributed by atoms with E-state index in [0.29, 0.717) is 6.54 Å². The molecule has 0 heterocycles. The molecule has 1 unspecified atom stereocenters. The Labute approximate surface area is 97.4 Å². The van der Waals surface area contributed by atoms with Crippen molar-refractivity contribution in [3.05, 3.63) is 0 Å². The first-order chi connectivity index (χ1) is 7.23. The van der Waals surface area contributed by atoms with E-state index in [9.17, 15) is 9.59 Å². The predicted molar refractivity (Wildman–Crippen MR) is 63.8 cm³/mol. The molecule has 1 atom stereocenters. The number of carbonyl (C=O) groups excluding carboxylic acids is 2. The maximum Gasteiger partial charge on any atom is 0.240 e. The molecule has 0 aromatic carbocycles. The zero-order valence-electron chi connectivity index (χ0n) is 10.8. The van der Waals surface area contributed by atoms with Crippen LogP contribution in [0.1, 0.15) is 27.7 Å². The molecule has 2 amide bonds. The summed E-state index contributed by atoms with van der Waals surface area (Å²) in [6.07, 6.45) is 0. The lowest BCUT2D eigenvalue weighted by molar-refractivity contribution is -0.133. The van der Waals surface area contributed by atoms with Crippen molar-refractivity contribution in [2.75, 3.05) is 20.1 Å². The molecular formula is C11H23N3O2. The van der Waals surface area contributed by atoms with Gasteiger partial charge < -0.3 is 16.0 Å².